The quantitative estimate of drug-likeness (QED) is 0.674. The van der Waals surface area contributed by atoms with Crippen molar-refractivity contribution >= 4 is 23.3 Å². The summed E-state index contributed by atoms with van der Waals surface area (Å²) in [6, 6.07) is 12.8. The summed E-state index contributed by atoms with van der Waals surface area (Å²) >= 11 is 6.00. The molecular formula is C22H24ClN5O2. The number of carbonyl (C=O) groups excluding carboxylic acids is 1. The van der Waals surface area contributed by atoms with Gasteiger partial charge in [0.2, 0.25) is 0 Å². The first kappa shape index (κ1) is 20.4. The van der Waals surface area contributed by atoms with Crippen molar-refractivity contribution < 1.29 is 9.32 Å². The maximum atomic E-state index is 12.4. The van der Waals surface area contributed by atoms with Crippen LogP contribution >= 0.6 is 11.6 Å². The van der Waals surface area contributed by atoms with E-state index in [9.17, 15) is 4.79 Å². The summed E-state index contributed by atoms with van der Waals surface area (Å²) in [5.41, 5.74) is 1.93. The van der Waals surface area contributed by atoms with Crippen LogP contribution in [0, 0.1) is 0 Å². The van der Waals surface area contributed by atoms with Gasteiger partial charge < -0.3 is 19.6 Å². The number of hydrogen-bond donors (Lipinski definition) is 1. The fraction of sp³-hybridized carbons (Fsp3) is 0.318. The van der Waals surface area contributed by atoms with Gasteiger partial charge in [-0.05, 0) is 43.8 Å². The summed E-state index contributed by atoms with van der Waals surface area (Å²) in [5.74, 6) is 1.17. The summed E-state index contributed by atoms with van der Waals surface area (Å²) in [6.07, 6.45) is 2.94. The number of halogens is 1. The first-order valence-electron chi connectivity index (χ1n) is 9.98. The fourth-order valence-electron chi connectivity index (χ4n) is 3.42. The molecule has 0 aliphatic carbocycles. The molecule has 1 N–H and O–H groups in total. The number of carbonyl (C=O) groups is 1. The standard InChI is InChI=1S/C22H24ClN5O2/c1-27-8-3-9-28(11-10-27)21-7-6-16(14-24-21)15-25-22(29)19-13-20(30-26-19)17-4-2-5-18(23)12-17/h2,4-7,12-14H,3,8-11,15H2,1H3,(H,25,29). The number of pyridine rings is 1. The molecule has 30 heavy (non-hydrogen) atoms. The number of nitrogens with one attached hydrogen (secondary N) is 1. The van der Waals surface area contributed by atoms with Crippen LogP contribution in [0.4, 0.5) is 5.82 Å². The molecule has 0 radical (unpaired) electrons. The van der Waals surface area contributed by atoms with Crippen molar-refractivity contribution in [2.75, 3.05) is 38.1 Å². The van der Waals surface area contributed by atoms with E-state index in [0.29, 0.717) is 17.3 Å². The van der Waals surface area contributed by atoms with Gasteiger partial charge in [0.1, 0.15) is 5.82 Å². The molecule has 0 spiro atoms. The Morgan fingerprint density at radius 2 is 2.07 bits per heavy atom. The zero-order valence-electron chi connectivity index (χ0n) is 16.8. The molecule has 4 rings (SSSR count). The lowest BCUT2D eigenvalue weighted by Crippen LogP contribution is -2.29. The van der Waals surface area contributed by atoms with Crippen molar-refractivity contribution in [1.29, 1.82) is 0 Å². The third kappa shape index (κ3) is 4.98. The first-order valence-corrected chi connectivity index (χ1v) is 10.4. The smallest absolute Gasteiger partial charge is 0.273 e. The Labute approximate surface area is 180 Å². The lowest BCUT2D eigenvalue weighted by atomic mass is 10.1. The Kier molecular flexibility index (Phi) is 6.30. The zero-order valence-corrected chi connectivity index (χ0v) is 17.6. The van der Waals surface area contributed by atoms with E-state index < -0.39 is 0 Å². The van der Waals surface area contributed by atoms with Gasteiger partial charge in [-0.3, -0.25) is 4.79 Å². The molecule has 8 heteroatoms. The van der Waals surface area contributed by atoms with Crippen LogP contribution in [0.25, 0.3) is 11.3 Å². The third-order valence-electron chi connectivity index (χ3n) is 5.16. The summed E-state index contributed by atoms with van der Waals surface area (Å²) in [5, 5.41) is 7.32. The van der Waals surface area contributed by atoms with Gasteiger partial charge in [0.05, 0.1) is 0 Å². The number of anilines is 1. The van der Waals surface area contributed by atoms with Gasteiger partial charge in [-0.15, -0.1) is 0 Å². The highest BCUT2D eigenvalue weighted by Gasteiger charge is 2.15. The Bertz CT molecular complexity index is 1000. The molecule has 1 aliphatic heterocycles. The number of nitrogens with zero attached hydrogens (tertiary/aromatic N) is 4. The number of hydrogen-bond acceptors (Lipinski definition) is 6. The summed E-state index contributed by atoms with van der Waals surface area (Å²) in [7, 11) is 2.15. The minimum atomic E-state index is -0.299. The number of aromatic nitrogens is 2. The van der Waals surface area contributed by atoms with Crippen LogP contribution < -0.4 is 10.2 Å². The molecule has 7 nitrogen and oxygen atoms in total. The molecule has 3 aromatic rings. The van der Waals surface area contributed by atoms with E-state index in [4.69, 9.17) is 16.1 Å². The van der Waals surface area contributed by atoms with Gasteiger partial charge in [0, 0.05) is 49.0 Å². The SMILES string of the molecule is CN1CCCN(c2ccc(CNC(=O)c3cc(-c4cccc(Cl)c4)on3)cn2)CC1. The van der Waals surface area contributed by atoms with Gasteiger partial charge >= 0.3 is 0 Å². The highest BCUT2D eigenvalue weighted by Crippen LogP contribution is 2.23. The molecule has 1 fully saturated rings. The molecule has 3 heterocycles. The first-order chi connectivity index (χ1) is 14.6. The fourth-order valence-corrected chi connectivity index (χ4v) is 3.61. The van der Waals surface area contributed by atoms with Crippen molar-refractivity contribution in [2.24, 2.45) is 0 Å². The molecule has 0 saturated carbocycles. The number of benzene rings is 1. The van der Waals surface area contributed by atoms with E-state index in [2.05, 4.69) is 32.3 Å². The third-order valence-corrected chi connectivity index (χ3v) is 5.39. The van der Waals surface area contributed by atoms with Crippen LogP contribution in [0.5, 0.6) is 0 Å². The Morgan fingerprint density at radius 3 is 2.87 bits per heavy atom. The second kappa shape index (κ2) is 9.28. The van der Waals surface area contributed by atoms with E-state index in [0.717, 1.165) is 49.5 Å². The van der Waals surface area contributed by atoms with Crippen molar-refractivity contribution in [3.63, 3.8) is 0 Å². The summed E-state index contributed by atoms with van der Waals surface area (Å²) in [6.45, 7) is 4.50. The number of amides is 1. The molecule has 156 valence electrons. The van der Waals surface area contributed by atoms with Gasteiger partial charge in [-0.2, -0.15) is 0 Å². The lowest BCUT2D eigenvalue weighted by Gasteiger charge is -2.21. The van der Waals surface area contributed by atoms with E-state index in [1.807, 2.05) is 30.5 Å². The van der Waals surface area contributed by atoms with Crippen LogP contribution in [-0.4, -0.2) is 54.2 Å². The molecule has 2 aromatic heterocycles. The largest absolute Gasteiger partial charge is 0.355 e. The average Bonchev–Trinajstić information content (AvgIpc) is 3.15. The van der Waals surface area contributed by atoms with Gasteiger partial charge in [-0.1, -0.05) is 35.0 Å². The predicted octanol–water partition coefficient (Wildman–Crippen LogP) is 3.46. The van der Waals surface area contributed by atoms with Gasteiger partial charge in [0.15, 0.2) is 11.5 Å². The maximum Gasteiger partial charge on any atom is 0.273 e. The normalized spacial score (nSPS) is 15.1. The van der Waals surface area contributed by atoms with Crippen molar-refractivity contribution in [3.05, 3.63) is 64.9 Å². The summed E-state index contributed by atoms with van der Waals surface area (Å²) < 4.78 is 5.29. The van der Waals surface area contributed by atoms with Crippen molar-refractivity contribution in [3.8, 4) is 11.3 Å². The van der Waals surface area contributed by atoms with E-state index >= 15 is 0 Å². The lowest BCUT2D eigenvalue weighted by molar-refractivity contribution is 0.0942. The Balaban J connectivity index is 1.34. The highest BCUT2D eigenvalue weighted by molar-refractivity contribution is 6.30. The average molecular weight is 426 g/mol. The molecule has 1 saturated heterocycles. The topological polar surface area (TPSA) is 74.5 Å². The van der Waals surface area contributed by atoms with E-state index in [1.54, 1.807) is 18.2 Å². The molecule has 0 atom stereocenters. The van der Waals surface area contributed by atoms with Crippen LogP contribution in [-0.2, 0) is 6.54 Å². The number of rotatable bonds is 5. The van der Waals surface area contributed by atoms with Crippen LogP contribution in [0.2, 0.25) is 5.02 Å². The van der Waals surface area contributed by atoms with Crippen LogP contribution in [0.15, 0.2) is 53.2 Å². The molecule has 1 aliphatic rings. The van der Waals surface area contributed by atoms with Crippen LogP contribution in [0.3, 0.4) is 0 Å². The molecule has 1 aromatic carbocycles. The van der Waals surface area contributed by atoms with Crippen molar-refractivity contribution in [1.82, 2.24) is 20.4 Å². The van der Waals surface area contributed by atoms with Gasteiger partial charge in [-0.25, -0.2) is 4.98 Å². The minimum absolute atomic E-state index is 0.225. The van der Waals surface area contributed by atoms with Crippen molar-refractivity contribution in [2.45, 2.75) is 13.0 Å². The summed E-state index contributed by atoms with van der Waals surface area (Å²) in [4.78, 5) is 21.6. The van der Waals surface area contributed by atoms with Gasteiger partial charge in [0.25, 0.3) is 5.91 Å². The zero-order chi connectivity index (χ0) is 20.9. The monoisotopic (exact) mass is 425 g/mol. The van der Waals surface area contributed by atoms with E-state index in [-0.39, 0.29) is 11.6 Å². The molecular weight excluding hydrogens is 402 g/mol. The Morgan fingerprint density at radius 1 is 1.17 bits per heavy atom. The molecule has 0 bridgehead atoms. The Hall–Kier alpha value is -2.90. The molecule has 1 amide bonds. The highest BCUT2D eigenvalue weighted by atomic mass is 35.5. The minimum Gasteiger partial charge on any atom is -0.355 e. The second-order valence-electron chi connectivity index (χ2n) is 7.44. The van der Waals surface area contributed by atoms with E-state index in [1.165, 1.54) is 0 Å². The predicted molar refractivity (Wildman–Crippen MR) is 117 cm³/mol. The maximum absolute atomic E-state index is 12.4. The van der Waals surface area contributed by atoms with Crippen LogP contribution in [0.1, 0.15) is 22.5 Å². The number of likely N-dealkylation sites (N-methyl/N-ethyl adjacent to an activating group) is 1. The molecule has 0 unspecified atom stereocenters. The second-order valence-corrected chi connectivity index (χ2v) is 7.87.